The first-order valence-electron chi connectivity index (χ1n) is 8.13. The van der Waals surface area contributed by atoms with Gasteiger partial charge in [-0.1, -0.05) is 58.7 Å². The van der Waals surface area contributed by atoms with Crippen LogP contribution in [0.4, 0.5) is 5.88 Å². The van der Waals surface area contributed by atoms with Gasteiger partial charge in [-0.15, -0.1) is 0 Å². The number of ketones is 1. The highest BCUT2D eigenvalue weighted by molar-refractivity contribution is 6.30. The third-order valence-electron chi connectivity index (χ3n) is 3.87. The van der Waals surface area contributed by atoms with Crippen molar-refractivity contribution in [2.45, 2.75) is 19.8 Å². The number of benzene rings is 2. The number of hydrogen-bond donors (Lipinski definition) is 1. The van der Waals surface area contributed by atoms with Crippen LogP contribution in [0.3, 0.4) is 0 Å². The molecule has 0 saturated heterocycles. The summed E-state index contributed by atoms with van der Waals surface area (Å²) in [6, 6.07) is 16.0. The monoisotopic (exact) mass is 368 g/mol. The predicted octanol–water partition coefficient (Wildman–Crippen LogP) is 4.91. The summed E-state index contributed by atoms with van der Waals surface area (Å²) in [7, 11) is 0. The number of amides is 1. The lowest BCUT2D eigenvalue weighted by Gasteiger charge is -2.02. The van der Waals surface area contributed by atoms with Gasteiger partial charge in [0.25, 0.3) is 0 Å². The second kappa shape index (κ2) is 7.97. The number of aromatic nitrogens is 1. The molecule has 0 aliphatic heterocycles. The van der Waals surface area contributed by atoms with Crippen molar-refractivity contribution in [3.8, 4) is 11.3 Å². The van der Waals surface area contributed by atoms with E-state index in [2.05, 4.69) is 10.5 Å². The molecule has 0 unspecified atom stereocenters. The van der Waals surface area contributed by atoms with Crippen LogP contribution in [-0.4, -0.2) is 16.8 Å². The molecule has 2 aromatic carbocycles. The summed E-state index contributed by atoms with van der Waals surface area (Å²) in [4.78, 5) is 24.1. The molecule has 6 heteroatoms. The van der Waals surface area contributed by atoms with Gasteiger partial charge in [0.2, 0.25) is 11.8 Å². The second-order valence-electron chi connectivity index (χ2n) is 5.92. The van der Waals surface area contributed by atoms with Crippen LogP contribution in [0.25, 0.3) is 11.3 Å². The van der Waals surface area contributed by atoms with Gasteiger partial charge in [0.15, 0.2) is 5.78 Å². The highest BCUT2D eigenvalue weighted by Crippen LogP contribution is 2.23. The van der Waals surface area contributed by atoms with Gasteiger partial charge >= 0.3 is 0 Å². The quantitative estimate of drug-likeness (QED) is 0.628. The first kappa shape index (κ1) is 17.9. The minimum Gasteiger partial charge on any atom is -0.338 e. The predicted molar refractivity (Wildman–Crippen MR) is 100 cm³/mol. The Balaban J connectivity index is 1.54. The van der Waals surface area contributed by atoms with Gasteiger partial charge in [0.05, 0.1) is 0 Å². The van der Waals surface area contributed by atoms with Crippen LogP contribution in [0.15, 0.2) is 59.1 Å². The van der Waals surface area contributed by atoms with E-state index in [1.165, 1.54) is 0 Å². The van der Waals surface area contributed by atoms with E-state index in [1.807, 2.05) is 31.2 Å². The number of hydrogen-bond acceptors (Lipinski definition) is 4. The van der Waals surface area contributed by atoms with Gasteiger partial charge < -0.3 is 4.52 Å². The minimum atomic E-state index is -0.302. The fraction of sp³-hybridized carbons (Fsp3) is 0.150. The molecule has 3 aromatic rings. The lowest BCUT2D eigenvalue weighted by Crippen LogP contribution is -2.13. The van der Waals surface area contributed by atoms with E-state index in [9.17, 15) is 9.59 Å². The third-order valence-corrected chi connectivity index (χ3v) is 4.12. The third kappa shape index (κ3) is 4.58. The van der Waals surface area contributed by atoms with E-state index < -0.39 is 0 Å². The molecule has 0 atom stereocenters. The number of nitrogens with zero attached hydrogens (tertiary/aromatic N) is 1. The summed E-state index contributed by atoms with van der Waals surface area (Å²) in [5.41, 5.74) is 3.11. The van der Waals surface area contributed by atoms with Crippen LogP contribution < -0.4 is 5.32 Å². The molecular formula is C20H17ClN2O3. The zero-order valence-electron chi connectivity index (χ0n) is 14.2. The standard InChI is InChI=1S/C20H17ClN2O3/c1-13-2-4-15(5-3-13)18(24)10-11-19(25)22-20-12-17(23-26-20)14-6-8-16(21)9-7-14/h2-9,12H,10-11H2,1H3,(H,22,25). The molecule has 0 saturated carbocycles. The molecule has 0 radical (unpaired) electrons. The number of nitrogens with one attached hydrogen (secondary N) is 1. The first-order valence-corrected chi connectivity index (χ1v) is 8.51. The van der Waals surface area contributed by atoms with Crippen molar-refractivity contribution in [1.82, 2.24) is 5.16 Å². The highest BCUT2D eigenvalue weighted by atomic mass is 35.5. The van der Waals surface area contributed by atoms with E-state index in [0.29, 0.717) is 16.3 Å². The zero-order chi connectivity index (χ0) is 18.5. The maximum Gasteiger partial charge on any atom is 0.231 e. The molecule has 0 fully saturated rings. The lowest BCUT2D eigenvalue weighted by molar-refractivity contribution is -0.116. The van der Waals surface area contributed by atoms with E-state index in [1.54, 1.807) is 30.3 Å². The summed E-state index contributed by atoms with van der Waals surface area (Å²) in [5.74, 6) is -0.133. The summed E-state index contributed by atoms with van der Waals surface area (Å²) in [6.07, 6.45) is 0.205. The molecule has 1 N–H and O–H groups in total. The van der Waals surface area contributed by atoms with Crippen molar-refractivity contribution >= 4 is 29.2 Å². The number of aryl methyl sites for hydroxylation is 1. The Bertz CT molecular complexity index is 915. The van der Waals surface area contributed by atoms with Crippen molar-refractivity contribution in [1.29, 1.82) is 0 Å². The number of carbonyl (C=O) groups excluding carboxylic acids is 2. The van der Waals surface area contributed by atoms with E-state index >= 15 is 0 Å². The first-order chi connectivity index (χ1) is 12.5. The Morgan fingerprint density at radius 2 is 1.73 bits per heavy atom. The summed E-state index contributed by atoms with van der Waals surface area (Å²) < 4.78 is 5.12. The summed E-state index contributed by atoms with van der Waals surface area (Å²) >= 11 is 5.86. The molecular weight excluding hydrogens is 352 g/mol. The van der Waals surface area contributed by atoms with E-state index in [4.69, 9.17) is 16.1 Å². The smallest absolute Gasteiger partial charge is 0.231 e. The van der Waals surface area contributed by atoms with Crippen LogP contribution >= 0.6 is 11.6 Å². The number of carbonyl (C=O) groups is 2. The lowest BCUT2D eigenvalue weighted by atomic mass is 10.1. The van der Waals surface area contributed by atoms with Crippen molar-refractivity contribution in [3.63, 3.8) is 0 Å². The average Bonchev–Trinajstić information content (AvgIpc) is 3.09. The summed E-state index contributed by atoms with van der Waals surface area (Å²) in [6.45, 7) is 1.96. The van der Waals surface area contributed by atoms with Crippen molar-refractivity contribution in [3.05, 3.63) is 70.7 Å². The van der Waals surface area contributed by atoms with Gasteiger partial charge in [-0.3, -0.25) is 14.9 Å². The molecule has 5 nitrogen and oxygen atoms in total. The Hall–Kier alpha value is -2.92. The number of halogens is 1. The van der Waals surface area contributed by atoms with Crippen LogP contribution in [-0.2, 0) is 4.79 Å². The SMILES string of the molecule is Cc1ccc(C(=O)CCC(=O)Nc2cc(-c3ccc(Cl)cc3)no2)cc1. The van der Waals surface area contributed by atoms with Gasteiger partial charge in [-0.2, -0.15) is 0 Å². The van der Waals surface area contributed by atoms with Crippen LogP contribution in [0.5, 0.6) is 0 Å². The molecule has 1 aromatic heterocycles. The second-order valence-corrected chi connectivity index (χ2v) is 6.36. The molecule has 0 bridgehead atoms. The van der Waals surface area contributed by atoms with Crippen molar-refractivity contribution < 1.29 is 14.1 Å². The normalized spacial score (nSPS) is 10.5. The van der Waals surface area contributed by atoms with Crippen LogP contribution in [0, 0.1) is 6.92 Å². The Kier molecular flexibility index (Phi) is 5.49. The van der Waals surface area contributed by atoms with E-state index in [-0.39, 0.29) is 30.4 Å². The molecule has 132 valence electrons. The largest absolute Gasteiger partial charge is 0.338 e. The Morgan fingerprint density at radius 1 is 1.04 bits per heavy atom. The maximum absolute atomic E-state index is 12.1. The minimum absolute atomic E-state index is 0.0698. The molecule has 0 spiro atoms. The highest BCUT2D eigenvalue weighted by Gasteiger charge is 2.12. The van der Waals surface area contributed by atoms with Crippen molar-refractivity contribution in [2.75, 3.05) is 5.32 Å². The van der Waals surface area contributed by atoms with Gasteiger partial charge in [0, 0.05) is 35.1 Å². The molecule has 26 heavy (non-hydrogen) atoms. The van der Waals surface area contributed by atoms with Gasteiger partial charge in [0.1, 0.15) is 5.69 Å². The van der Waals surface area contributed by atoms with E-state index in [0.717, 1.165) is 11.1 Å². The number of Topliss-reactive ketones (excluding diaryl/α,β-unsaturated/α-hetero) is 1. The molecule has 0 aliphatic carbocycles. The molecule has 1 amide bonds. The topological polar surface area (TPSA) is 72.2 Å². The van der Waals surface area contributed by atoms with Crippen LogP contribution in [0.1, 0.15) is 28.8 Å². The molecule has 3 rings (SSSR count). The maximum atomic E-state index is 12.1. The van der Waals surface area contributed by atoms with Gasteiger partial charge in [-0.25, -0.2) is 0 Å². The number of rotatable bonds is 6. The fourth-order valence-corrected chi connectivity index (χ4v) is 2.53. The molecule has 1 heterocycles. The van der Waals surface area contributed by atoms with Gasteiger partial charge in [-0.05, 0) is 19.1 Å². The average molecular weight is 369 g/mol. The number of anilines is 1. The molecule has 0 aliphatic rings. The zero-order valence-corrected chi connectivity index (χ0v) is 14.9. The summed E-state index contributed by atoms with van der Waals surface area (Å²) in [5, 5.41) is 7.16. The Morgan fingerprint density at radius 3 is 2.42 bits per heavy atom. The fourth-order valence-electron chi connectivity index (χ4n) is 2.40. The Labute approximate surface area is 156 Å². The van der Waals surface area contributed by atoms with Crippen molar-refractivity contribution in [2.24, 2.45) is 0 Å². The van der Waals surface area contributed by atoms with Crippen LogP contribution in [0.2, 0.25) is 5.02 Å².